The molecule has 2 aromatic rings. The molecule has 0 radical (unpaired) electrons. The first kappa shape index (κ1) is 23.9. The highest BCUT2D eigenvalue weighted by molar-refractivity contribution is 7.99. The lowest BCUT2D eigenvalue weighted by Gasteiger charge is -2.15. The highest BCUT2D eigenvalue weighted by Crippen LogP contribution is 2.34. The molecule has 0 aliphatic rings. The zero-order valence-electron chi connectivity index (χ0n) is 18.1. The van der Waals surface area contributed by atoms with E-state index in [4.69, 9.17) is 9.47 Å². The van der Waals surface area contributed by atoms with E-state index in [0.29, 0.717) is 10.7 Å². The number of carbonyl (C=O) groups is 3. The monoisotopic (exact) mass is 454 g/mol. The summed E-state index contributed by atoms with van der Waals surface area (Å²) in [5, 5.41) is 12.1. The SMILES string of the molecule is COC(=O)c1sc(NC(=O)CSc2nnc(C(C)C)n2C(C)C)c(C(=O)OC)c1C. The Morgan fingerprint density at radius 1 is 1.10 bits per heavy atom. The molecule has 0 bridgehead atoms. The molecule has 2 aromatic heterocycles. The number of esters is 2. The number of hydrogen-bond donors (Lipinski definition) is 1. The van der Waals surface area contributed by atoms with Gasteiger partial charge in [-0.25, -0.2) is 9.59 Å². The van der Waals surface area contributed by atoms with Crippen LogP contribution in [-0.4, -0.2) is 52.6 Å². The van der Waals surface area contributed by atoms with Crippen LogP contribution in [-0.2, 0) is 14.3 Å². The maximum atomic E-state index is 12.6. The van der Waals surface area contributed by atoms with Gasteiger partial charge in [0.05, 0.1) is 25.5 Å². The van der Waals surface area contributed by atoms with Crippen molar-refractivity contribution in [2.75, 3.05) is 25.3 Å². The summed E-state index contributed by atoms with van der Waals surface area (Å²) < 4.78 is 11.6. The van der Waals surface area contributed by atoms with Crippen molar-refractivity contribution in [2.24, 2.45) is 0 Å². The maximum Gasteiger partial charge on any atom is 0.348 e. The summed E-state index contributed by atoms with van der Waals surface area (Å²) in [5.41, 5.74) is 0.552. The van der Waals surface area contributed by atoms with Gasteiger partial charge in [0.2, 0.25) is 5.91 Å². The first-order valence-electron chi connectivity index (χ1n) is 9.29. The molecule has 0 spiro atoms. The Kier molecular flexibility index (Phi) is 8.02. The molecule has 0 fully saturated rings. The number of thiophene rings is 1. The first-order valence-corrected chi connectivity index (χ1v) is 11.1. The molecule has 0 unspecified atom stereocenters. The predicted octanol–water partition coefficient (Wildman–Crippen LogP) is 3.66. The van der Waals surface area contributed by atoms with Gasteiger partial charge in [-0.3, -0.25) is 4.79 Å². The normalized spacial score (nSPS) is 11.1. The molecule has 0 saturated heterocycles. The molecule has 164 valence electrons. The van der Waals surface area contributed by atoms with Gasteiger partial charge in [0.15, 0.2) is 5.16 Å². The lowest BCUT2D eigenvalue weighted by molar-refractivity contribution is -0.113. The van der Waals surface area contributed by atoms with Crippen LogP contribution in [0.3, 0.4) is 0 Å². The maximum absolute atomic E-state index is 12.6. The Morgan fingerprint density at radius 3 is 2.27 bits per heavy atom. The number of rotatable bonds is 8. The lowest BCUT2D eigenvalue weighted by Crippen LogP contribution is -2.17. The number of anilines is 1. The van der Waals surface area contributed by atoms with Crippen LogP contribution in [0.2, 0.25) is 0 Å². The lowest BCUT2D eigenvalue weighted by atomic mass is 10.1. The van der Waals surface area contributed by atoms with Crippen molar-refractivity contribution in [1.82, 2.24) is 14.8 Å². The summed E-state index contributed by atoms with van der Waals surface area (Å²) in [6, 6.07) is 0.149. The Morgan fingerprint density at radius 2 is 1.73 bits per heavy atom. The number of hydrogen-bond acceptors (Lipinski definition) is 9. The molecule has 2 heterocycles. The van der Waals surface area contributed by atoms with Gasteiger partial charge in [0, 0.05) is 12.0 Å². The third-order valence-electron chi connectivity index (χ3n) is 4.22. The Hall–Kier alpha value is -2.40. The molecule has 9 nitrogen and oxygen atoms in total. The molecule has 11 heteroatoms. The second kappa shape index (κ2) is 10.1. The van der Waals surface area contributed by atoms with Crippen LogP contribution in [0, 0.1) is 6.92 Å². The standard InChI is InChI=1S/C19H26N4O5S2/c1-9(2)15-21-22-19(23(15)10(3)4)29-8-12(24)20-16-13(17(25)27-6)11(5)14(30-16)18(26)28-7/h9-10H,8H2,1-7H3,(H,20,24). The van der Waals surface area contributed by atoms with E-state index >= 15 is 0 Å². The smallest absolute Gasteiger partial charge is 0.348 e. The van der Waals surface area contributed by atoms with Gasteiger partial charge in [0.1, 0.15) is 15.7 Å². The van der Waals surface area contributed by atoms with E-state index in [1.54, 1.807) is 6.92 Å². The number of carbonyl (C=O) groups excluding carboxylic acids is 3. The number of thioether (sulfide) groups is 1. The molecular weight excluding hydrogens is 428 g/mol. The van der Waals surface area contributed by atoms with Crippen LogP contribution >= 0.6 is 23.1 Å². The summed E-state index contributed by atoms with van der Waals surface area (Å²) in [7, 11) is 2.49. The molecule has 0 aromatic carbocycles. The van der Waals surface area contributed by atoms with Crippen LogP contribution in [0.4, 0.5) is 5.00 Å². The van der Waals surface area contributed by atoms with Gasteiger partial charge in [-0.15, -0.1) is 21.5 Å². The van der Waals surface area contributed by atoms with Crippen molar-refractivity contribution >= 4 is 45.9 Å². The van der Waals surface area contributed by atoms with E-state index in [-0.39, 0.29) is 39.1 Å². The van der Waals surface area contributed by atoms with E-state index < -0.39 is 11.9 Å². The van der Waals surface area contributed by atoms with Crippen LogP contribution in [0.1, 0.15) is 71.1 Å². The quantitative estimate of drug-likeness (QED) is 0.475. The van der Waals surface area contributed by atoms with Crippen molar-refractivity contribution in [3.05, 3.63) is 21.8 Å². The third kappa shape index (κ3) is 5.01. The fourth-order valence-electron chi connectivity index (χ4n) is 2.80. The largest absolute Gasteiger partial charge is 0.465 e. The zero-order chi connectivity index (χ0) is 22.6. The number of nitrogens with one attached hydrogen (secondary N) is 1. The number of aromatic nitrogens is 3. The average molecular weight is 455 g/mol. The molecule has 30 heavy (non-hydrogen) atoms. The highest BCUT2D eigenvalue weighted by atomic mass is 32.2. The zero-order valence-corrected chi connectivity index (χ0v) is 19.7. The van der Waals surface area contributed by atoms with E-state index in [0.717, 1.165) is 17.2 Å². The molecule has 2 rings (SSSR count). The van der Waals surface area contributed by atoms with Crippen LogP contribution in [0.25, 0.3) is 0 Å². The number of methoxy groups -OCH3 is 2. The molecule has 0 saturated carbocycles. The molecular formula is C19H26N4O5S2. The van der Waals surface area contributed by atoms with E-state index in [1.165, 1.54) is 26.0 Å². The second-order valence-corrected chi connectivity index (χ2v) is 9.00. The van der Waals surface area contributed by atoms with Crippen molar-refractivity contribution in [3.8, 4) is 0 Å². The number of ether oxygens (including phenoxy) is 2. The van der Waals surface area contributed by atoms with Crippen molar-refractivity contribution in [2.45, 2.75) is 51.7 Å². The summed E-state index contributed by atoms with van der Waals surface area (Å²) in [6.45, 7) is 9.75. The van der Waals surface area contributed by atoms with Crippen LogP contribution in [0.15, 0.2) is 5.16 Å². The molecule has 0 aliphatic heterocycles. The minimum absolute atomic E-state index is 0.0636. The highest BCUT2D eigenvalue weighted by Gasteiger charge is 2.27. The van der Waals surface area contributed by atoms with Gasteiger partial charge in [-0.05, 0) is 26.3 Å². The van der Waals surface area contributed by atoms with Crippen molar-refractivity contribution < 1.29 is 23.9 Å². The molecule has 0 aliphatic carbocycles. The molecule has 1 N–H and O–H groups in total. The topological polar surface area (TPSA) is 112 Å². The molecule has 0 atom stereocenters. The summed E-state index contributed by atoms with van der Waals surface area (Å²) in [6.07, 6.45) is 0. The fourth-order valence-corrected chi connectivity index (χ4v) is 4.80. The van der Waals surface area contributed by atoms with Gasteiger partial charge in [-0.2, -0.15) is 0 Å². The summed E-state index contributed by atoms with van der Waals surface area (Å²) in [5.74, 6) is -0.429. The first-order chi connectivity index (χ1) is 14.1. The van der Waals surface area contributed by atoms with Gasteiger partial charge in [-0.1, -0.05) is 25.6 Å². The van der Waals surface area contributed by atoms with Gasteiger partial charge >= 0.3 is 11.9 Å². The number of nitrogens with zero attached hydrogens (tertiary/aromatic N) is 3. The minimum atomic E-state index is -0.636. The van der Waals surface area contributed by atoms with E-state index in [1.807, 2.05) is 32.3 Å². The summed E-state index contributed by atoms with van der Waals surface area (Å²) in [4.78, 5) is 37.0. The van der Waals surface area contributed by atoms with Crippen molar-refractivity contribution in [3.63, 3.8) is 0 Å². The average Bonchev–Trinajstić information content (AvgIpc) is 3.26. The van der Waals surface area contributed by atoms with Gasteiger partial charge in [0.25, 0.3) is 0 Å². The van der Waals surface area contributed by atoms with E-state index in [2.05, 4.69) is 15.5 Å². The summed E-state index contributed by atoms with van der Waals surface area (Å²) >= 11 is 2.24. The van der Waals surface area contributed by atoms with Crippen LogP contribution < -0.4 is 5.32 Å². The van der Waals surface area contributed by atoms with E-state index in [9.17, 15) is 14.4 Å². The fraction of sp³-hybridized carbons (Fsp3) is 0.526. The predicted molar refractivity (Wildman–Crippen MR) is 116 cm³/mol. The third-order valence-corrected chi connectivity index (χ3v) is 6.35. The Labute approximate surface area is 183 Å². The minimum Gasteiger partial charge on any atom is -0.465 e. The number of amides is 1. The molecule has 1 amide bonds. The Balaban J connectivity index is 2.21. The van der Waals surface area contributed by atoms with Crippen molar-refractivity contribution in [1.29, 1.82) is 0 Å². The second-order valence-electron chi connectivity index (χ2n) is 7.04. The van der Waals surface area contributed by atoms with Crippen LogP contribution in [0.5, 0.6) is 0 Å². The Bertz CT molecular complexity index is 949. The van der Waals surface area contributed by atoms with Gasteiger partial charge < -0.3 is 19.4 Å².